The molecule has 6 atom stereocenters. The number of carbonyl (C=O) groups excluding carboxylic acids is 10. The van der Waals surface area contributed by atoms with E-state index in [-0.39, 0.29) is 76.4 Å². The summed E-state index contributed by atoms with van der Waals surface area (Å²) in [5.74, 6) is -7.95. The summed E-state index contributed by atoms with van der Waals surface area (Å²) in [5.41, 5.74) is 34.9. The maximum absolute atomic E-state index is 14.1. The maximum Gasteiger partial charge on any atom is 0.243 e. The number of primary amides is 2. The van der Waals surface area contributed by atoms with Gasteiger partial charge in [-0.1, -0.05) is 55.5 Å². The van der Waals surface area contributed by atoms with Gasteiger partial charge in [0.05, 0.1) is 6.54 Å². The van der Waals surface area contributed by atoms with E-state index in [0.29, 0.717) is 5.56 Å². The van der Waals surface area contributed by atoms with E-state index in [1.54, 1.807) is 30.3 Å². The van der Waals surface area contributed by atoms with Crippen LogP contribution in [0.2, 0.25) is 0 Å². The number of guanidine groups is 2. The number of nitrogens with zero attached hydrogens (tertiary/aromatic N) is 2. The van der Waals surface area contributed by atoms with Gasteiger partial charge in [0.1, 0.15) is 36.3 Å². The maximum atomic E-state index is 14.1. The minimum atomic E-state index is -1.52. The summed E-state index contributed by atoms with van der Waals surface area (Å²) < 4.78 is 0. The number of nitrogens with one attached hydrogen (secondary N) is 9. The number of fused-ring (bicyclic) bond motifs is 1. The topological polar surface area (TPSA) is 464 Å². The molecule has 10 amide bonds. The van der Waals surface area contributed by atoms with Gasteiger partial charge in [-0.3, -0.25) is 57.9 Å². The number of carbonyl (C=O) groups is 10. The summed E-state index contributed by atoms with van der Waals surface area (Å²) in [6.45, 7) is 6.95. The fourth-order valence-electron chi connectivity index (χ4n) is 7.24. The fraction of sp³-hybridized carbons (Fsp3) is 0.480. The summed E-state index contributed by atoms with van der Waals surface area (Å²) in [4.78, 5) is 140. The summed E-state index contributed by atoms with van der Waals surface area (Å²) in [5, 5.41) is 21.3. The number of H-pyrrole nitrogens is 1. The van der Waals surface area contributed by atoms with Crippen LogP contribution in [0, 0.1) is 6.92 Å². The molecule has 1 aromatic heterocycles. The van der Waals surface area contributed by atoms with Crippen LogP contribution in [0.1, 0.15) is 89.7 Å². The molecule has 21 N–H and O–H groups in total. The molecule has 0 saturated carbocycles. The van der Waals surface area contributed by atoms with Gasteiger partial charge >= 0.3 is 0 Å². The predicted octanol–water partition coefficient (Wildman–Crippen LogP) is -3.07. The zero-order valence-corrected chi connectivity index (χ0v) is 44.1. The molecule has 27 nitrogen and oxygen atoms in total. The SMILES string of the molecule is CC(=O)NCC(=O)NC1CCC(=O)NCCCC(C(N)=O)NC(=O)[C@H](C)NC(=O)[C@H](CCCN=C(N)N)NC(=O)C(Cc2ccccc2)NC(=O)[C@H](CCC(N)=O)NC1=O.CCCN=C(N)N.Cc1c[nH]c2ccccc12. The molecular weight excluding hydrogens is 999 g/mol. The normalized spacial score (nSPS) is 19.9. The second-order valence-corrected chi connectivity index (χ2v) is 17.9. The number of aryl methyl sites for hydroxylation is 1. The number of nitrogens with two attached hydrogens (primary N) is 6. The third-order valence-corrected chi connectivity index (χ3v) is 11.3. The van der Waals surface area contributed by atoms with Crippen LogP contribution < -0.4 is 76.9 Å². The summed E-state index contributed by atoms with van der Waals surface area (Å²) >= 11 is 0. The van der Waals surface area contributed by atoms with Gasteiger partial charge in [-0.05, 0) is 76.0 Å². The number of amides is 10. The van der Waals surface area contributed by atoms with Gasteiger partial charge in [-0.2, -0.15) is 0 Å². The van der Waals surface area contributed by atoms with Crippen molar-refractivity contribution in [2.45, 2.75) is 128 Å². The highest BCUT2D eigenvalue weighted by molar-refractivity contribution is 5.97. The summed E-state index contributed by atoms with van der Waals surface area (Å²) in [7, 11) is 0. The Bertz CT molecular complexity index is 2510. The van der Waals surface area contributed by atoms with E-state index in [2.05, 4.69) is 82.6 Å². The third-order valence-electron chi connectivity index (χ3n) is 11.3. The van der Waals surface area contributed by atoms with Crippen molar-refractivity contribution in [2.75, 3.05) is 26.2 Å². The van der Waals surface area contributed by atoms with Gasteiger partial charge in [-0.15, -0.1) is 0 Å². The van der Waals surface area contributed by atoms with Crippen molar-refractivity contribution >= 4 is 81.9 Å². The zero-order valence-electron chi connectivity index (χ0n) is 44.1. The second-order valence-electron chi connectivity index (χ2n) is 17.9. The Hall–Kier alpha value is -8.78. The predicted molar refractivity (Wildman–Crippen MR) is 289 cm³/mol. The van der Waals surface area contributed by atoms with E-state index < -0.39 is 108 Å². The number of rotatable bonds is 15. The van der Waals surface area contributed by atoms with Gasteiger partial charge in [0.25, 0.3) is 0 Å². The van der Waals surface area contributed by atoms with Crippen LogP contribution >= 0.6 is 0 Å². The molecule has 3 unspecified atom stereocenters. The highest BCUT2D eigenvalue weighted by Crippen LogP contribution is 2.16. The van der Waals surface area contributed by atoms with E-state index in [9.17, 15) is 47.9 Å². The second kappa shape index (κ2) is 34.7. The van der Waals surface area contributed by atoms with Crippen molar-refractivity contribution in [3.8, 4) is 0 Å². The molecule has 1 saturated heterocycles. The molecule has 0 aliphatic carbocycles. The molecule has 0 bridgehead atoms. The number of hydrogen-bond acceptors (Lipinski definition) is 12. The van der Waals surface area contributed by atoms with Gasteiger partial charge < -0.3 is 81.9 Å². The highest BCUT2D eigenvalue weighted by atomic mass is 16.2. The molecule has 27 heteroatoms. The molecule has 0 radical (unpaired) electrons. The lowest BCUT2D eigenvalue weighted by atomic mass is 10.0. The highest BCUT2D eigenvalue weighted by Gasteiger charge is 2.33. The number of hydrogen-bond donors (Lipinski definition) is 15. The first-order chi connectivity index (χ1) is 36.5. The van der Waals surface area contributed by atoms with Crippen LogP contribution in [-0.4, -0.2) is 138 Å². The van der Waals surface area contributed by atoms with Crippen LogP contribution in [0.25, 0.3) is 10.9 Å². The third kappa shape index (κ3) is 26.3. The Balaban J connectivity index is 0.000000998. The van der Waals surface area contributed by atoms with E-state index in [4.69, 9.17) is 34.4 Å². The van der Waals surface area contributed by atoms with Crippen LogP contribution in [0.15, 0.2) is 70.8 Å². The molecule has 1 aliphatic heterocycles. The van der Waals surface area contributed by atoms with Crippen molar-refractivity contribution in [1.82, 2.24) is 47.5 Å². The molecule has 77 heavy (non-hydrogen) atoms. The van der Waals surface area contributed by atoms with E-state index in [1.165, 1.54) is 30.3 Å². The molecule has 2 aromatic carbocycles. The Kier molecular flexibility index (Phi) is 29.0. The molecule has 2 heterocycles. The largest absolute Gasteiger partial charge is 0.370 e. The van der Waals surface area contributed by atoms with Gasteiger partial charge in [-0.25, -0.2) is 0 Å². The minimum absolute atomic E-state index is 0.00769. The number of para-hydroxylation sites is 1. The first kappa shape index (κ1) is 64.3. The zero-order chi connectivity index (χ0) is 57.5. The van der Waals surface area contributed by atoms with E-state index >= 15 is 0 Å². The van der Waals surface area contributed by atoms with E-state index in [0.717, 1.165) is 13.0 Å². The Labute approximate surface area is 446 Å². The lowest BCUT2D eigenvalue weighted by Gasteiger charge is -2.27. The summed E-state index contributed by atoms with van der Waals surface area (Å²) in [6, 6.07) is 8.67. The summed E-state index contributed by atoms with van der Waals surface area (Å²) in [6.07, 6.45) is 1.83. The van der Waals surface area contributed by atoms with Crippen molar-refractivity contribution < 1.29 is 47.9 Å². The molecule has 1 aliphatic rings. The molecular formula is C50H77N17O10. The van der Waals surface area contributed by atoms with Crippen molar-refractivity contribution in [2.24, 2.45) is 44.4 Å². The number of aromatic amines is 1. The Morgan fingerprint density at radius 2 is 1.30 bits per heavy atom. The lowest BCUT2D eigenvalue weighted by molar-refractivity contribution is -0.135. The van der Waals surface area contributed by atoms with Crippen LogP contribution in [0.4, 0.5) is 0 Å². The van der Waals surface area contributed by atoms with Crippen molar-refractivity contribution in [3.05, 3.63) is 71.9 Å². The Morgan fingerprint density at radius 3 is 1.91 bits per heavy atom. The fourth-order valence-corrected chi connectivity index (χ4v) is 7.24. The molecule has 1 fully saturated rings. The molecule has 4 rings (SSSR count). The molecule has 0 spiro atoms. The molecule has 3 aromatic rings. The average Bonchev–Trinajstić information content (AvgIpc) is 3.76. The Morgan fingerprint density at radius 1 is 0.701 bits per heavy atom. The number of benzene rings is 2. The first-order valence-electron chi connectivity index (χ1n) is 25.1. The number of aliphatic imine (C=N–C) groups is 2. The van der Waals surface area contributed by atoms with Gasteiger partial charge in [0.2, 0.25) is 59.1 Å². The van der Waals surface area contributed by atoms with Crippen LogP contribution in [0.5, 0.6) is 0 Å². The quantitative estimate of drug-likeness (QED) is 0.0408. The minimum Gasteiger partial charge on any atom is -0.370 e. The average molecular weight is 1080 g/mol. The molecule has 422 valence electrons. The van der Waals surface area contributed by atoms with Gasteiger partial charge in [0.15, 0.2) is 11.9 Å². The smallest absolute Gasteiger partial charge is 0.243 e. The van der Waals surface area contributed by atoms with Crippen LogP contribution in [-0.2, 0) is 54.4 Å². The van der Waals surface area contributed by atoms with Crippen molar-refractivity contribution in [3.63, 3.8) is 0 Å². The monoisotopic (exact) mass is 1080 g/mol. The lowest BCUT2D eigenvalue weighted by Crippen LogP contribution is -2.60. The van der Waals surface area contributed by atoms with Crippen molar-refractivity contribution in [1.29, 1.82) is 0 Å². The van der Waals surface area contributed by atoms with E-state index in [1.807, 2.05) is 19.2 Å². The first-order valence-corrected chi connectivity index (χ1v) is 25.1. The number of aromatic nitrogens is 1. The van der Waals surface area contributed by atoms with Gasteiger partial charge in [0, 0.05) is 62.9 Å². The standard InChI is InChI=1S/C37H57N13O10.C9H9N.C4H11N3/c1-20-32(56)47-23(31(39)55)10-6-16-42-29(53)15-13-25(46-30(54)19-44-21(2)51)34(58)49-26(12-14-28(38)52)35(59)50-27(18-22-8-4-3-5-9-22)36(60)48-24(33(57)45-20)11-7-17-43-37(40)41;1-7-6-10-9-5-3-2-4-8(7)9;1-2-3-7-4(5)6/h3-5,8-9,20,23-27H,6-7,10-19H2,1-2H3,(H2,38,52)(H2,39,55)(H,42,53)(H,44,51)(H,45,57)(H,46,54)(H,47,56)(H,48,60)(H,49,58)(H,50,59)(H4,40,41,43);2-6,10H,1H3;2-3H2,1H3,(H4,5,6,7)/t20-,23?,24-,25?,26-,27?;;/m0../s1. The van der Waals surface area contributed by atoms with Crippen LogP contribution in [0.3, 0.4) is 0 Å².